The quantitative estimate of drug-likeness (QED) is 0.839. The fourth-order valence-corrected chi connectivity index (χ4v) is 1.99. The number of carbonyl (C=O) groups excluding carboxylic acids is 1. The number of hydrogen-bond acceptors (Lipinski definition) is 3. The Morgan fingerprint density at radius 2 is 2.10 bits per heavy atom. The largest absolute Gasteiger partial charge is 0.397 e. The topological polar surface area (TPSA) is 77.1 Å². The lowest BCUT2D eigenvalue weighted by atomic mass is 10.2. The van der Waals surface area contributed by atoms with Crippen molar-refractivity contribution in [3.05, 3.63) is 57.2 Å². The lowest BCUT2D eigenvalue weighted by Crippen LogP contribution is -2.27. The van der Waals surface area contributed by atoms with Gasteiger partial charge in [-0.25, -0.2) is 4.39 Å². The summed E-state index contributed by atoms with van der Waals surface area (Å²) in [6, 6.07) is 6.60. The molecule has 0 saturated heterocycles. The third-order valence-corrected chi connectivity index (χ3v) is 3.02. The van der Waals surface area contributed by atoms with Gasteiger partial charge >= 0.3 is 0 Å². The van der Waals surface area contributed by atoms with Gasteiger partial charge in [0.25, 0.3) is 5.56 Å². The Balaban J connectivity index is 2.15. The number of nitrogens with zero attached hydrogens (tertiary/aromatic N) is 1. The molecule has 1 aromatic heterocycles. The van der Waals surface area contributed by atoms with E-state index in [1.165, 1.54) is 29.0 Å². The maximum Gasteiger partial charge on any atom is 0.251 e. The summed E-state index contributed by atoms with van der Waals surface area (Å²) >= 11 is 3.21. The predicted molar refractivity (Wildman–Crippen MR) is 77.8 cm³/mol. The summed E-state index contributed by atoms with van der Waals surface area (Å²) < 4.78 is 15.0. The van der Waals surface area contributed by atoms with E-state index in [4.69, 9.17) is 5.73 Å². The normalized spacial score (nSPS) is 10.3. The summed E-state index contributed by atoms with van der Waals surface area (Å²) in [7, 11) is 0. The Bertz CT molecular complexity index is 715. The standard InChI is InChI=1S/C13H11BrFN3O2/c14-8-1-4-13(20)18(6-8)7-12(19)17-11-5-9(15)2-3-10(11)16/h1-6H,7,16H2,(H,17,19). The number of carbonyl (C=O) groups is 1. The van der Waals surface area contributed by atoms with Crippen LogP contribution < -0.4 is 16.6 Å². The molecule has 0 saturated carbocycles. The molecule has 0 unspecified atom stereocenters. The highest BCUT2D eigenvalue weighted by Gasteiger charge is 2.08. The number of nitrogens with one attached hydrogen (secondary N) is 1. The molecule has 2 rings (SSSR count). The fraction of sp³-hybridized carbons (Fsp3) is 0.0769. The van der Waals surface area contributed by atoms with Crippen LogP contribution in [0.25, 0.3) is 0 Å². The van der Waals surface area contributed by atoms with E-state index in [-0.39, 0.29) is 23.5 Å². The van der Waals surface area contributed by atoms with Crippen LogP contribution in [0.4, 0.5) is 15.8 Å². The molecule has 104 valence electrons. The zero-order valence-electron chi connectivity index (χ0n) is 10.3. The maximum atomic E-state index is 13.1. The van der Waals surface area contributed by atoms with Gasteiger partial charge in [0.1, 0.15) is 12.4 Å². The van der Waals surface area contributed by atoms with Crippen LogP contribution in [-0.4, -0.2) is 10.5 Å². The van der Waals surface area contributed by atoms with Crippen molar-refractivity contribution in [2.75, 3.05) is 11.1 Å². The zero-order chi connectivity index (χ0) is 14.7. The van der Waals surface area contributed by atoms with E-state index < -0.39 is 11.7 Å². The van der Waals surface area contributed by atoms with Gasteiger partial charge in [-0.2, -0.15) is 0 Å². The van der Waals surface area contributed by atoms with Crippen molar-refractivity contribution in [1.82, 2.24) is 4.57 Å². The highest BCUT2D eigenvalue weighted by Crippen LogP contribution is 2.19. The number of nitrogens with two attached hydrogens (primary N) is 1. The Hall–Kier alpha value is -2.15. The minimum Gasteiger partial charge on any atom is -0.397 e. The van der Waals surface area contributed by atoms with Crippen molar-refractivity contribution >= 4 is 33.2 Å². The van der Waals surface area contributed by atoms with Crippen molar-refractivity contribution in [1.29, 1.82) is 0 Å². The van der Waals surface area contributed by atoms with E-state index in [1.807, 2.05) is 0 Å². The molecule has 1 amide bonds. The number of pyridine rings is 1. The third kappa shape index (κ3) is 3.45. The number of amides is 1. The van der Waals surface area contributed by atoms with Gasteiger partial charge in [0.2, 0.25) is 5.91 Å². The molecule has 2 aromatic rings. The number of hydrogen-bond donors (Lipinski definition) is 2. The van der Waals surface area contributed by atoms with Gasteiger partial charge in [-0.05, 0) is 40.2 Å². The van der Waals surface area contributed by atoms with Crippen LogP contribution in [0.15, 0.2) is 45.8 Å². The number of rotatable bonds is 3. The molecular formula is C13H11BrFN3O2. The second kappa shape index (κ2) is 5.87. The summed E-state index contributed by atoms with van der Waals surface area (Å²) in [6.07, 6.45) is 1.50. The van der Waals surface area contributed by atoms with Gasteiger partial charge in [-0.15, -0.1) is 0 Å². The SMILES string of the molecule is Nc1ccc(F)cc1NC(=O)Cn1cc(Br)ccc1=O. The number of anilines is 2. The molecule has 0 fully saturated rings. The molecule has 20 heavy (non-hydrogen) atoms. The van der Waals surface area contributed by atoms with E-state index in [0.29, 0.717) is 4.47 Å². The van der Waals surface area contributed by atoms with E-state index in [2.05, 4.69) is 21.2 Å². The molecule has 0 spiro atoms. The van der Waals surface area contributed by atoms with Gasteiger partial charge in [-0.1, -0.05) is 0 Å². The Morgan fingerprint density at radius 1 is 1.35 bits per heavy atom. The van der Waals surface area contributed by atoms with Gasteiger partial charge in [-0.3, -0.25) is 9.59 Å². The smallest absolute Gasteiger partial charge is 0.251 e. The monoisotopic (exact) mass is 339 g/mol. The lowest BCUT2D eigenvalue weighted by molar-refractivity contribution is -0.116. The molecule has 0 aliphatic rings. The molecule has 0 aliphatic heterocycles. The predicted octanol–water partition coefficient (Wildman–Crippen LogP) is 1.97. The summed E-state index contributed by atoms with van der Waals surface area (Å²) in [5, 5.41) is 2.47. The van der Waals surface area contributed by atoms with Crippen molar-refractivity contribution in [3.63, 3.8) is 0 Å². The maximum absolute atomic E-state index is 13.1. The molecule has 3 N–H and O–H groups in total. The Labute approximate surface area is 122 Å². The van der Waals surface area contributed by atoms with Crippen LogP contribution in [0.3, 0.4) is 0 Å². The van der Waals surface area contributed by atoms with E-state index in [0.717, 1.165) is 6.07 Å². The fourth-order valence-electron chi connectivity index (χ4n) is 1.61. The van der Waals surface area contributed by atoms with Crippen LogP contribution in [0, 0.1) is 5.82 Å². The first-order valence-electron chi connectivity index (χ1n) is 5.66. The first-order chi connectivity index (χ1) is 9.45. The average Bonchev–Trinajstić information content (AvgIpc) is 2.38. The summed E-state index contributed by atoms with van der Waals surface area (Å²) in [6.45, 7) is -0.186. The summed E-state index contributed by atoms with van der Waals surface area (Å²) in [5.41, 5.74) is 5.75. The van der Waals surface area contributed by atoms with E-state index >= 15 is 0 Å². The van der Waals surface area contributed by atoms with E-state index in [1.54, 1.807) is 6.07 Å². The van der Waals surface area contributed by atoms with Gasteiger partial charge < -0.3 is 15.6 Å². The van der Waals surface area contributed by atoms with Gasteiger partial charge in [0, 0.05) is 16.7 Å². The number of benzene rings is 1. The number of halogens is 2. The first-order valence-corrected chi connectivity index (χ1v) is 6.46. The molecule has 7 heteroatoms. The van der Waals surface area contributed by atoms with Gasteiger partial charge in [0.15, 0.2) is 0 Å². The summed E-state index contributed by atoms with van der Waals surface area (Å²) in [4.78, 5) is 23.4. The van der Waals surface area contributed by atoms with Crippen LogP contribution in [0.5, 0.6) is 0 Å². The lowest BCUT2D eigenvalue weighted by Gasteiger charge is -2.09. The Morgan fingerprint density at radius 3 is 2.85 bits per heavy atom. The number of aromatic nitrogens is 1. The molecule has 0 atom stereocenters. The first kappa shape index (κ1) is 14.3. The minimum atomic E-state index is -0.505. The second-order valence-corrected chi connectivity index (χ2v) is 5.01. The van der Waals surface area contributed by atoms with Crippen LogP contribution in [0.2, 0.25) is 0 Å². The van der Waals surface area contributed by atoms with Crippen LogP contribution >= 0.6 is 15.9 Å². The molecule has 0 bridgehead atoms. The molecule has 1 aromatic carbocycles. The average molecular weight is 340 g/mol. The third-order valence-electron chi connectivity index (χ3n) is 2.55. The molecular weight excluding hydrogens is 329 g/mol. The molecule has 5 nitrogen and oxygen atoms in total. The van der Waals surface area contributed by atoms with Crippen molar-refractivity contribution < 1.29 is 9.18 Å². The zero-order valence-corrected chi connectivity index (χ0v) is 11.9. The van der Waals surface area contributed by atoms with Crippen molar-refractivity contribution in [2.45, 2.75) is 6.54 Å². The van der Waals surface area contributed by atoms with Crippen molar-refractivity contribution in [2.24, 2.45) is 0 Å². The minimum absolute atomic E-state index is 0.179. The van der Waals surface area contributed by atoms with Crippen LogP contribution in [0.1, 0.15) is 0 Å². The number of nitrogen functional groups attached to an aromatic ring is 1. The van der Waals surface area contributed by atoms with Gasteiger partial charge in [0.05, 0.1) is 11.4 Å². The second-order valence-electron chi connectivity index (χ2n) is 4.09. The van der Waals surface area contributed by atoms with E-state index in [9.17, 15) is 14.0 Å². The highest BCUT2D eigenvalue weighted by atomic mass is 79.9. The van der Waals surface area contributed by atoms with Crippen molar-refractivity contribution in [3.8, 4) is 0 Å². The molecule has 1 heterocycles. The van der Waals surface area contributed by atoms with Crippen LogP contribution in [-0.2, 0) is 11.3 Å². The Kier molecular flexibility index (Phi) is 4.19. The molecule has 0 aliphatic carbocycles. The molecule has 0 radical (unpaired) electrons. The summed E-state index contributed by atoms with van der Waals surface area (Å²) in [5.74, 6) is -0.975. The highest BCUT2D eigenvalue weighted by molar-refractivity contribution is 9.10.